The molecule has 0 atom stereocenters. The first kappa shape index (κ1) is 25.1. The number of unbranched alkanes of at least 4 members (excludes halogenated alkanes) is 1. The van der Waals surface area contributed by atoms with E-state index in [9.17, 15) is 4.79 Å². The topological polar surface area (TPSA) is 78.0 Å². The number of guanidine groups is 1. The largest absolute Gasteiger partial charge is 0.379 e. The van der Waals surface area contributed by atoms with Gasteiger partial charge >= 0.3 is 0 Å². The Hall–Kier alpha value is -2.12. The number of ether oxygens (including phenoxy) is 1. The van der Waals surface area contributed by atoms with Crippen LogP contribution in [0.5, 0.6) is 0 Å². The molecule has 1 saturated heterocycles. The lowest BCUT2D eigenvalue weighted by Crippen LogP contribution is -2.38. The number of carbonyl (C=O) groups excluding carboxylic acids is 1. The third kappa shape index (κ3) is 11.2. The Morgan fingerprint density at radius 2 is 2.00 bits per heavy atom. The number of hydrogen-bond acceptors (Lipinski definition) is 4. The first-order valence-corrected chi connectivity index (χ1v) is 11.8. The summed E-state index contributed by atoms with van der Waals surface area (Å²) in [7, 11) is 0. The van der Waals surface area contributed by atoms with E-state index in [2.05, 4.69) is 41.6 Å². The van der Waals surface area contributed by atoms with E-state index in [1.54, 1.807) is 0 Å². The molecule has 7 nitrogen and oxygen atoms in total. The number of benzene rings is 1. The predicted octanol–water partition coefficient (Wildman–Crippen LogP) is 3.23. The van der Waals surface area contributed by atoms with E-state index in [0.717, 1.165) is 75.5 Å². The Morgan fingerprint density at radius 3 is 2.74 bits per heavy atom. The van der Waals surface area contributed by atoms with Crippen molar-refractivity contribution < 1.29 is 9.53 Å². The molecule has 1 fully saturated rings. The van der Waals surface area contributed by atoms with Crippen LogP contribution < -0.4 is 16.0 Å². The van der Waals surface area contributed by atoms with Gasteiger partial charge in [0.2, 0.25) is 5.91 Å². The second kappa shape index (κ2) is 14.8. The van der Waals surface area contributed by atoms with Crippen LogP contribution in [0.25, 0.3) is 0 Å². The zero-order valence-electron chi connectivity index (χ0n) is 19.6. The Morgan fingerprint density at radius 1 is 1.19 bits per heavy atom. The van der Waals surface area contributed by atoms with E-state index < -0.39 is 0 Å². The minimum atomic E-state index is 0.0450. The molecule has 2 rings (SSSR count). The Bertz CT molecular complexity index is 672. The standard InChI is InChI=1S/C24H41N5O2/c1-4-25-24(26-12-6-5-8-20(2)3)27-19-21-9-7-10-22(18-21)28-23(30)11-13-29-14-16-31-17-15-29/h7,9-10,18,20H,4-6,8,11-17,19H2,1-3H3,(H,28,30)(H2,25,26,27). The summed E-state index contributed by atoms with van der Waals surface area (Å²) in [6, 6.07) is 7.94. The highest BCUT2D eigenvalue weighted by Gasteiger charge is 2.12. The lowest BCUT2D eigenvalue weighted by Gasteiger charge is -2.26. The molecule has 1 amide bonds. The van der Waals surface area contributed by atoms with Gasteiger partial charge in [0.15, 0.2) is 5.96 Å². The molecular formula is C24H41N5O2. The fourth-order valence-electron chi connectivity index (χ4n) is 3.45. The molecule has 0 aromatic heterocycles. The third-order valence-corrected chi connectivity index (χ3v) is 5.23. The highest BCUT2D eigenvalue weighted by Crippen LogP contribution is 2.12. The predicted molar refractivity (Wildman–Crippen MR) is 128 cm³/mol. The Labute approximate surface area is 188 Å². The number of anilines is 1. The zero-order valence-corrected chi connectivity index (χ0v) is 19.6. The SMILES string of the molecule is CCNC(=NCc1cccc(NC(=O)CCN2CCOCC2)c1)NCCCCC(C)C. The maximum absolute atomic E-state index is 12.3. The summed E-state index contributed by atoms with van der Waals surface area (Å²) in [6.07, 6.45) is 4.14. The van der Waals surface area contributed by atoms with Gasteiger partial charge in [-0.05, 0) is 37.0 Å². The minimum absolute atomic E-state index is 0.0450. The van der Waals surface area contributed by atoms with E-state index in [1.165, 1.54) is 12.8 Å². The first-order chi connectivity index (χ1) is 15.1. The van der Waals surface area contributed by atoms with E-state index >= 15 is 0 Å². The molecule has 0 bridgehead atoms. The van der Waals surface area contributed by atoms with Gasteiger partial charge in [0, 0.05) is 44.8 Å². The van der Waals surface area contributed by atoms with Gasteiger partial charge < -0.3 is 20.7 Å². The molecule has 1 heterocycles. The van der Waals surface area contributed by atoms with Crippen molar-refractivity contribution in [1.29, 1.82) is 0 Å². The number of morpholine rings is 1. The molecule has 1 aliphatic rings. The second-order valence-corrected chi connectivity index (χ2v) is 8.46. The lowest BCUT2D eigenvalue weighted by molar-refractivity contribution is -0.116. The van der Waals surface area contributed by atoms with Crippen LogP contribution in [0.3, 0.4) is 0 Å². The molecule has 0 aliphatic carbocycles. The summed E-state index contributed by atoms with van der Waals surface area (Å²) in [5, 5.41) is 9.73. The second-order valence-electron chi connectivity index (χ2n) is 8.46. The van der Waals surface area contributed by atoms with E-state index in [4.69, 9.17) is 9.73 Å². The molecule has 174 valence electrons. The fourth-order valence-corrected chi connectivity index (χ4v) is 3.45. The zero-order chi connectivity index (χ0) is 22.3. The van der Waals surface area contributed by atoms with E-state index in [1.807, 2.05) is 24.3 Å². The summed E-state index contributed by atoms with van der Waals surface area (Å²) in [4.78, 5) is 19.3. The van der Waals surface area contributed by atoms with Crippen molar-refractivity contribution in [2.45, 2.75) is 53.0 Å². The third-order valence-electron chi connectivity index (χ3n) is 5.23. The van der Waals surface area contributed by atoms with Gasteiger partial charge in [0.1, 0.15) is 0 Å². The van der Waals surface area contributed by atoms with Crippen molar-refractivity contribution in [3.05, 3.63) is 29.8 Å². The van der Waals surface area contributed by atoms with Gasteiger partial charge in [-0.25, -0.2) is 4.99 Å². The number of nitrogens with zero attached hydrogens (tertiary/aromatic N) is 2. The molecule has 1 aromatic carbocycles. The van der Waals surface area contributed by atoms with Gasteiger partial charge in [-0.2, -0.15) is 0 Å². The number of hydrogen-bond donors (Lipinski definition) is 3. The maximum Gasteiger partial charge on any atom is 0.225 e. The molecule has 0 spiro atoms. The van der Waals surface area contributed by atoms with E-state index in [-0.39, 0.29) is 5.91 Å². The normalized spacial score (nSPS) is 15.2. The highest BCUT2D eigenvalue weighted by molar-refractivity contribution is 5.90. The monoisotopic (exact) mass is 431 g/mol. The van der Waals surface area contributed by atoms with Crippen molar-refractivity contribution in [1.82, 2.24) is 15.5 Å². The molecule has 0 radical (unpaired) electrons. The van der Waals surface area contributed by atoms with Gasteiger partial charge in [0.05, 0.1) is 19.8 Å². The van der Waals surface area contributed by atoms with Gasteiger partial charge in [-0.15, -0.1) is 0 Å². The molecular weight excluding hydrogens is 390 g/mol. The van der Waals surface area contributed by atoms with Gasteiger partial charge in [-0.3, -0.25) is 9.69 Å². The number of carbonyl (C=O) groups is 1. The smallest absolute Gasteiger partial charge is 0.225 e. The van der Waals surface area contributed by atoms with Crippen molar-refractivity contribution >= 4 is 17.6 Å². The van der Waals surface area contributed by atoms with Gasteiger partial charge in [0.25, 0.3) is 0 Å². The maximum atomic E-state index is 12.3. The highest BCUT2D eigenvalue weighted by atomic mass is 16.5. The number of aliphatic imine (C=N–C) groups is 1. The summed E-state index contributed by atoms with van der Waals surface area (Å²) in [5.74, 6) is 1.64. The average Bonchev–Trinajstić information content (AvgIpc) is 2.76. The van der Waals surface area contributed by atoms with Crippen LogP contribution >= 0.6 is 0 Å². The fraction of sp³-hybridized carbons (Fsp3) is 0.667. The van der Waals surface area contributed by atoms with Crippen molar-refractivity contribution in [3.8, 4) is 0 Å². The average molecular weight is 432 g/mol. The summed E-state index contributed by atoms with van der Waals surface area (Å²) in [6.45, 7) is 13.0. The van der Waals surface area contributed by atoms with Crippen LogP contribution in [0.2, 0.25) is 0 Å². The van der Waals surface area contributed by atoms with E-state index in [0.29, 0.717) is 13.0 Å². The van der Waals surface area contributed by atoms with Crippen molar-refractivity contribution in [2.75, 3.05) is 51.3 Å². The molecule has 1 aromatic rings. The summed E-state index contributed by atoms with van der Waals surface area (Å²) < 4.78 is 5.35. The first-order valence-electron chi connectivity index (χ1n) is 11.8. The molecule has 0 saturated carbocycles. The lowest BCUT2D eigenvalue weighted by atomic mass is 10.1. The van der Waals surface area contributed by atoms with Crippen LogP contribution in [0.4, 0.5) is 5.69 Å². The molecule has 7 heteroatoms. The van der Waals surface area contributed by atoms with Crippen LogP contribution in [0.1, 0.15) is 52.0 Å². The van der Waals surface area contributed by atoms with Crippen LogP contribution in [0.15, 0.2) is 29.3 Å². The minimum Gasteiger partial charge on any atom is -0.379 e. The quantitative estimate of drug-likeness (QED) is 0.269. The van der Waals surface area contributed by atoms with Crippen LogP contribution in [-0.4, -0.2) is 62.7 Å². The summed E-state index contributed by atoms with van der Waals surface area (Å²) >= 11 is 0. The van der Waals surface area contributed by atoms with Gasteiger partial charge in [-0.1, -0.05) is 38.8 Å². The Kier molecular flexibility index (Phi) is 12.0. The molecule has 1 aliphatic heterocycles. The number of rotatable bonds is 12. The number of nitrogens with one attached hydrogen (secondary N) is 3. The van der Waals surface area contributed by atoms with Crippen molar-refractivity contribution in [3.63, 3.8) is 0 Å². The molecule has 31 heavy (non-hydrogen) atoms. The van der Waals surface area contributed by atoms with Crippen molar-refractivity contribution in [2.24, 2.45) is 10.9 Å². The number of amides is 1. The molecule has 0 unspecified atom stereocenters. The van der Waals surface area contributed by atoms with Crippen LogP contribution in [-0.2, 0) is 16.1 Å². The molecule has 3 N–H and O–H groups in total. The van der Waals surface area contributed by atoms with Crippen LogP contribution in [0, 0.1) is 5.92 Å². The Balaban J connectivity index is 1.78. The summed E-state index contributed by atoms with van der Waals surface area (Å²) in [5.41, 5.74) is 1.90.